The molecule has 0 spiro atoms. The maximum atomic E-state index is 13.5. The minimum absolute atomic E-state index is 0.163. The Bertz CT molecular complexity index is 1500. The molecule has 0 aromatic heterocycles. The lowest BCUT2D eigenvalue weighted by atomic mass is 9.81. The molecule has 46 heavy (non-hydrogen) atoms. The van der Waals surface area contributed by atoms with Gasteiger partial charge in [-0.15, -0.1) is 11.8 Å². The molecule has 3 atom stereocenters. The lowest BCUT2D eigenvalue weighted by Crippen LogP contribution is -2.49. The van der Waals surface area contributed by atoms with Gasteiger partial charge in [-0.3, -0.25) is 9.59 Å². The quantitative estimate of drug-likeness (QED) is 0.277. The summed E-state index contributed by atoms with van der Waals surface area (Å²) in [5.41, 5.74) is -1.76. The molecule has 4 N–H and O–H groups in total. The van der Waals surface area contributed by atoms with E-state index in [9.17, 15) is 41.1 Å². The summed E-state index contributed by atoms with van der Waals surface area (Å²) >= 11 is 1.49. The Kier molecular flexibility index (Phi) is 12.0. The summed E-state index contributed by atoms with van der Waals surface area (Å²) < 4.78 is 71.5. The van der Waals surface area contributed by atoms with Crippen LogP contribution in [-0.4, -0.2) is 93.3 Å². The van der Waals surface area contributed by atoms with Crippen molar-refractivity contribution in [3.05, 3.63) is 53.6 Å². The summed E-state index contributed by atoms with van der Waals surface area (Å²) in [6.45, 7) is 0.517. The van der Waals surface area contributed by atoms with Gasteiger partial charge in [0.25, 0.3) is 5.91 Å². The Balaban J connectivity index is 1.39. The van der Waals surface area contributed by atoms with Crippen LogP contribution in [0.2, 0.25) is 0 Å². The molecule has 0 bridgehead atoms. The van der Waals surface area contributed by atoms with Gasteiger partial charge in [-0.2, -0.15) is 13.2 Å². The molecular weight excluding hydrogens is 649 g/mol. The number of carbonyl (C=O) groups is 3. The molecular formula is C30H37F3N4O7S2. The van der Waals surface area contributed by atoms with Gasteiger partial charge in [-0.25, -0.2) is 13.2 Å². The van der Waals surface area contributed by atoms with Crippen LogP contribution in [0.3, 0.4) is 0 Å². The van der Waals surface area contributed by atoms with Crippen molar-refractivity contribution in [2.24, 2.45) is 5.92 Å². The molecule has 1 aliphatic heterocycles. The van der Waals surface area contributed by atoms with E-state index in [1.165, 1.54) is 16.7 Å². The predicted octanol–water partition coefficient (Wildman–Crippen LogP) is 3.53. The van der Waals surface area contributed by atoms with E-state index in [0.717, 1.165) is 17.0 Å². The highest BCUT2D eigenvalue weighted by Crippen LogP contribution is 2.32. The molecule has 1 saturated heterocycles. The first kappa shape index (κ1) is 35.5. The first-order valence-electron chi connectivity index (χ1n) is 14.7. The van der Waals surface area contributed by atoms with E-state index in [0.29, 0.717) is 32.1 Å². The smallest absolute Gasteiger partial charge is 0.393 e. The summed E-state index contributed by atoms with van der Waals surface area (Å²) in [4.78, 5) is 41.1. The van der Waals surface area contributed by atoms with Crippen molar-refractivity contribution in [3.8, 4) is 0 Å². The van der Waals surface area contributed by atoms with Crippen molar-refractivity contribution < 1.29 is 45.8 Å². The summed E-state index contributed by atoms with van der Waals surface area (Å²) in [5.74, 6) is -2.12. The number of aliphatic hydroxyl groups is 1. The highest BCUT2D eigenvalue weighted by molar-refractivity contribution is 7.98. The van der Waals surface area contributed by atoms with Crippen molar-refractivity contribution in [2.45, 2.75) is 53.8 Å². The van der Waals surface area contributed by atoms with Crippen molar-refractivity contribution in [1.29, 1.82) is 0 Å². The van der Waals surface area contributed by atoms with Gasteiger partial charge in [0.05, 0.1) is 53.3 Å². The van der Waals surface area contributed by atoms with Gasteiger partial charge in [0, 0.05) is 24.0 Å². The van der Waals surface area contributed by atoms with Gasteiger partial charge in [0.2, 0.25) is 5.91 Å². The molecule has 0 radical (unpaired) electrons. The van der Waals surface area contributed by atoms with Crippen LogP contribution in [0.1, 0.15) is 41.6 Å². The number of benzene rings is 2. The molecule has 2 aromatic rings. The van der Waals surface area contributed by atoms with Crippen LogP contribution in [-0.2, 0) is 25.5 Å². The third-order valence-electron chi connectivity index (χ3n) is 8.03. The second-order valence-corrected chi connectivity index (χ2v) is 14.1. The second-order valence-electron chi connectivity index (χ2n) is 11.2. The van der Waals surface area contributed by atoms with E-state index in [2.05, 4.69) is 16.0 Å². The van der Waals surface area contributed by atoms with Crippen molar-refractivity contribution in [2.75, 3.05) is 50.2 Å². The number of nitrogens with zero attached hydrogens (tertiary/aromatic N) is 1. The molecule has 4 rings (SSSR count). The molecule has 1 saturated carbocycles. The summed E-state index contributed by atoms with van der Waals surface area (Å²) in [5, 5.41) is 17.8. The van der Waals surface area contributed by atoms with Crippen LogP contribution in [0.4, 0.5) is 23.7 Å². The first-order valence-corrected chi connectivity index (χ1v) is 17.6. The fourth-order valence-corrected chi connectivity index (χ4v) is 7.24. The number of ether oxygens (including phenoxy) is 1. The number of rotatable bonds is 10. The van der Waals surface area contributed by atoms with E-state index in [1.54, 1.807) is 24.3 Å². The third-order valence-corrected chi connectivity index (χ3v) is 10.5. The normalized spacial score (nSPS) is 20.5. The van der Waals surface area contributed by atoms with Crippen LogP contribution in [0.15, 0.2) is 52.3 Å². The van der Waals surface area contributed by atoms with Crippen molar-refractivity contribution >= 4 is 45.1 Å². The van der Waals surface area contributed by atoms with Gasteiger partial charge in [0.15, 0.2) is 9.84 Å². The van der Waals surface area contributed by atoms with Gasteiger partial charge < -0.3 is 30.7 Å². The van der Waals surface area contributed by atoms with Crippen LogP contribution in [0.5, 0.6) is 0 Å². The molecule has 2 fully saturated rings. The zero-order chi connectivity index (χ0) is 33.5. The topological polar surface area (TPSA) is 154 Å². The maximum absolute atomic E-state index is 13.5. The minimum atomic E-state index is -4.76. The summed E-state index contributed by atoms with van der Waals surface area (Å²) in [7, 11) is -3.60. The first-order chi connectivity index (χ1) is 21.8. The Morgan fingerprint density at radius 3 is 2.41 bits per heavy atom. The number of aliphatic hydroxyl groups excluding tert-OH is 1. The molecule has 11 nitrogen and oxygen atoms in total. The molecule has 2 aliphatic rings. The van der Waals surface area contributed by atoms with Crippen LogP contribution in [0.25, 0.3) is 0 Å². The van der Waals surface area contributed by atoms with Crippen molar-refractivity contribution in [1.82, 2.24) is 15.5 Å². The standard InChI is InChI=1S/C30H37F3N4O7S2/c1-45-22-5-7-23(8-6-22)46(42,43)15-10-19-2-4-21(38)17-26(19)35-27(39)18-34-28(40)24-16-20(30(31,32)33)3-9-25(24)36-29(41)37-11-13-44-14-12-37/h3,5-9,16,19,21,26,38H,2,4,10-15,17-18H2,1H3,(H,34,40)(H,35,39)(H,36,41)/t19-,21+,26+/m1/s1. The summed E-state index contributed by atoms with van der Waals surface area (Å²) in [6.07, 6.45) is -2.28. The zero-order valence-electron chi connectivity index (χ0n) is 25.1. The Hall–Kier alpha value is -3.34. The maximum Gasteiger partial charge on any atom is 0.416 e. The van der Waals surface area contributed by atoms with Crippen LogP contribution < -0.4 is 16.0 Å². The number of thioether (sulfide) groups is 1. The number of hydrogen-bond donors (Lipinski definition) is 4. The SMILES string of the molecule is CSc1ccc(S(=O)(=O)CC[C@H]2CC[C@H](O)C[C@@H]2NC(=O)CNC(=O)c2cc(C(F)(F)F)ccc2NC(=O)N2CCOCC2)cc1. The van der Waals surface area contributed by atoms with E-state index < -0.39 is 63.7 Å². The number of halogens is 3. The largest absolute Gasteiger partial charge is 0.416 e. The Morgan fingerprint density at radius 2 is 1.76 bits per heavy atom. The highest BCUT2D eigenvalue weighted by Gasteiger charge is 2.34. The monoisotopic (exact) mass is 686 g/mol. The van der Waals surface area contributed by atoms with E-state index in [1.807, 2.05) is 6.26 Å². The fourth-order valence-electron chi connectivity index (χ4n) is 5.43. The number of hydrogen-bond acceptors (Lipinski definition) is 8. The number of carbonyl (C=O) groups excluding carboxylic acids is 3. The van der Waals surface area contributed by atoms with Gasteiger partial charge in [-0.05, 0) is 80.3 Å². The van der Waals surface area contributed by atoms with Gasteiger partial charge in [-0.1, -0.05) is 0 Å². The molecule has 0 unspecified atom stereocenters. The average molecular weight is 687 g/mol. The number of amides is 4. The second kappa shape index (κ2) is 15.5. The molecule has 1 heterocycles. The fraction of sp³-hybridized carbons (Fsp3) is 0.500. The molecule has 2 aromatic carbocycles. The molecule has 252 valence electrons. The molecule has 1 aliphatic carbocycles. The number of sulfone groups is 1. The Labute approximate surface area is 269 Å². The van der Waals surface area contributed by atoms with E-state index >= 15 is 0 Å². The summed E-state index contributed by atoms with van der Waals surface area (Å²) in [6, 6.07) is 7.69. The van der Waals surface area contributed by atoms with Crippen LogP contribution >= 0.6 is 11.8 Å². The lowest BCUT2D eigenvalue weighted by molar-refractivity contribution is -0.137. The minimum Gasteiger partial charge on any atom is -0.393 e. The molecule has 4 amide bonds. The lowest BCUT2D eigenvalue weighted by Gasteiger charge is -2.34. The van der Waals surface area contributed by atoms with Gasteiger partial charge >= 0.3 is 12.2 Å². The zero-order valence-corrected chi connectivity index (χ0v) is 26.8. The number of nitrogens with one attached hydrogen (secondary N) is 3. The number of morpholine rings is 1. The average Bonchev–Trinajstić information content (AvgIpc) is 3.03. The van der Waals surface area contributed by atoms with E-state index in [4.69, 9.17) is 4.74 Å². The van der Waals surface area contributed by atoms with Crippen molar-refractivity contribution in [3.63, 3.8) is 0 Å². The third kappa shape index (κ3) is 9.59. The van der Waals surface area contributed by atoms with Crippen LogP contribution in [0, 0.1) is 5.92 Å². The van der Waals surface area contributed by atoms with Gasteiger partial charge in [0.1, 0.15) is 0 Å². The number of urea groups is 1. The predicted molar refractivity (Wildman–Crippen MR) is 165 cm³/mol. The van der Waals surface area contributed by atoms with E-state index in [-0.39, 0.29) is 48.2 Å². The Morgan fingerprint density at radius 1 is 1.07 bits per heavy atom. The molecule has 16 heteroatoms. The number of alkyl halides is 3. The highest BCUT2D eigenvalue weighted by atomic mass is 32.2. The number of anilines is 1.